The molecule has 0 saturated carbocycles. The smallest absolute Gasteiger partial charge is 0.259 e. The molecule has 0 aliphatic heterocycles. The van der Waals surface area contributed by atoms with Crippen LogP contribution >= 0.6 is 11.3 Å². The van der Waals surface area contributed by atoms with E-state index in [1.54, 1.807) is 11.3 Å². The lowest BCUT2D eigenvalue weighted by Crippen LogP contribution is -2.34. The number of carbonyl (C=O) groups is 1. The van der Waals surface area contributed by atoms with Crippen molar-refractivity contribution in [2.45, 2.75) is 97.4 Å². The number of amides is 1. The first kappa shape index (κ1) is 28.9. The second-order valence-electron chi connectivity index (χ2n) is 9.97. The first-order valence-electron chi connectivity index (χ1n) is 14.2. The highest BCUT2D eigenvalue weighted by atomic mass is 32.1. The number of anilines is 1. The Hall–Kier alpha value is -2.66. The quantitative estimate of drug-likeness (QED) is 0.134. The van der Waals surface area contributed by atoms with E-state index in [-0.39, 0.29) is 5.91 Å². The molecule has 200 valence electrons. The van der Waals surface area contributed by atoms with Crippen molar-refractivity contribution in [2.24, 2.45) is 0 Å². The van der Waals surface area contributed by atoms with Crippen LogP contribution in [-0.4, -0.2) is 12.5 Å². The maximum absolute atomic E-state index is 13.2. The van der Waals surface area contributed by atoms with Crippen molar-refractivity contribution in [2.75, 3.05) is 11.9 Å². The maximum Gasteiger partial charge on any atom is 0.259 e. The summed E-state index contributed by atoms with van der Waals surface area (Å²) in [6.07, 6.45) is 15.8. The molecule has 37 heavy (non-hydrogen) atoms. The van der Waals surface area contributed by atoms with Crippen LogP contribution in [0, 0.1) is 6.92 Å². The van der Waals surface area contributed by atoms with Gasteiger partial charge < -0.3 is 10.1 Å². The molecule has 0 atom stereocenters. The Balaban J connectivity index is 1.39. The van der Waals surface area contributed by atoms with Crippen LogP contribution in [0.15, 0.2) is 59.4 Å². The van der Waals surface area contributed by atoms with Crippen molar-refractivity contribution in [1.82, 2.24) is 0 Å². The molecule has 0 aliphatic rings. The van der Waals surface area contributed by atoms with Crippen molar-refractivity contribution in [1.29, 1.82) is 0 Å². The summed E-state index contributed by atoms with van der Waals surface area (Å²) in [5, 5.41) is 5.25. The van der Waals surface area contributed by atoms with Crippen LogP contribution in [0.2, 0.25) is 0 Å². The standard InChI is InChI=1S/C32H44N2O2S/c1-3-4-5-6-7-8-9-10-11-12-13-18-23-36-31-22-17-15-20-29(31)32(35)33-30-21-16-14-19-28(30)24-34-26-37-25-27(34)2/h14-17,19-22,25-26H,3-13,18,23-24H2,1-2H3/p+1. The Morgan fingerprint density at radius 2 is 1.46 bits per heavy atom. The summed E-state index contributed by atoms with van der Waals surface area (Å²) in [6, 6.07) is 15.6. The van der Waals surface area contributed by atoms with E-state index < -0.39 is 0 Å². The summed E-state index contributed by atoms with van der Waals surface area (Å²) < 4.78 is 8.25. The van der Waals surface area contributed by atoms with Gasteiger partial charge in [-0.05, 0) is 24.6 Å². The fraction of sp³-hybridized carbons (Fsp3) is 0.500. The average Bonchev–Trinajstić information content (AvgIpc) is 3.32. The molecule has 1 aromatic heterocycles. The van der Waals surface area contributed by atoms with Crippen LogP contribution < -0.4 is 14.6 Å². The van der Waals surface area contributed by atoms with Gasteiger partial charge in [-0.3, -0.25) is 4.79 Å². The first-order valence-corrected chi connectivity index (χ1v) is 15.2. The highest BCUT2D eigenvalue weighted by molar-refractivity contribution is 7.07. The summed E-state index contributed by atoms with van der Waals surface area (Å²) >= 11 is 1.68. The van der Waals surface area contributed by atoms with Crippen LogP contribution in [0.3, 0.4) is 0 Å². The number of aryl methyl sites for hydroxylation is 1. The molecule has 2 aromatic carbocycles. The number of hydrogen-bond donors (Lipinski definition) is 1. The van der Waals surface area contributed by atoms with Gasteiger partial charge in [0.2, 0.25) is 5.51 Å². The number of rotatable bonds is 18. The minimum Gasteiger partial charge on any atom is -0.493 e. The van der Waals surface area contributed by atoms with Crippen LogP contribution in [0.4, 0.5) is 5.69 Å². The van der Waals surface area contributed by atoms with Gasteiger partial charge >= 0.3 is 0 Å². The summed E-state index contributed by atoms with van der Waals surface area (Å²) in [4.78, 5) is 13.2. The second-order valence-corrected chi connectivity index (χ2v) is 10.7. The van der Waals surface area contributed by atoms with E-state index in [4.69, 9.17) is 4.74 Å². The Morgan fingerprint density at radius 3 is 2.14 bits per heavy atom. The SMILES string of the molecule is CCCCCCCCCCCCCCOc1ccccc1C(=O)Nc1ccccc1C[n+]1cscc1C. The molecule has 1 heterocycles. The van der Waals surface area contributed by atoms with Gasteiger partial charge in [0.25, 0.3) is 5.91 Å². The molecule has 4 nitrogen and oxygen atoms in total. The lowest BCUT2D eigenvalue weighted by Gasteiger charge is -2.13. The van der Waals surface area contributed by atoms with Crippen molar-refractivity contribution in [3.63, 3.8) is 0 Å². The predicted octanol–water partition coefficient (Wildman–Crippen LogP) is 8.72. The summed E-state index contributed by atoms with van der Waals surface area (Å²) in [6.45, 7) is 5.74. The lowest BCUT2D eigenvalue weighted by atomic mass is 10.1. The molecule has 0 unspecified atom stereocenters. The number of para-hydroxylation sites is 2. The molecular formula is C32H45N2O2S+. The van der Waals surface area contributed by atoms with Crippen LogP contribution in [0.5, 0.6) is 5.75 Å². The number of nitrogens with one attached hydrogen (secondary N) is 1. The fourth-order valence-electron chi connectivity index (χ4n) is 4.57. The van der Waals surface area contributed by atoms with Crippen molar-refractivity contribution < 1.29 is 14.1 Å². The summed E-state index contributed by atoms with van der Waals surface area (Å²) in [7, 11) is 0. The molecule has 0 spiro atoms. The molecule has 3 rings (SSSR count). The third-order valence-electron chi connectivity index (χ3n) is 6.87. The molecule has 0 radical (unpaired) electrons. The molecule has 3 aromatic rings. The minimum atomic E-state index is -0.134. The van der Waals surface area contributed by atoms with Gasteiger partial charge in [0.15, 0.2) is 12.2 Å². The van der Waals surface area contributed by atoms with E-state index in [9.17, 15) is 4.79 Å². The topological polar surface area (TPSA) is 42.2 Å². The Labute approximate surface area is 228 Å². The van der Waals surface area contributed by atoms with E-state index in [1.807, 2.05) is 42.5 Å². The van der Waals surface area contributed by atoms with E-state index in [2.05, 4.69) is 40.7 Å². The summed E-state index contributed by atoms with van der Waals surface area (Å²) in [5.74, 6) is 0.522. The third kappa shape index (κ3) is 10.3. The Morgan fingerprint density at radius 1 is 0.838 bits per heavy atom. The molecule has 1 amide bonds. The van der Waals surface area contributed by atoms with Crippen LogP contribution in [0.1, 0.15) is 106 Å². The average molecular weight is 522 g/mol. The van der Waals surface area contributed by atoms with Gasteiger partial charge in [-0.25, -0.2) is 0 Å². The van der Waals surface area contributed by atoms with Gasteiger partial charge in [-0.2, -0.15) is 4.57 Å². The molecule has 0 bridgehead atoms. The van der Waals surface area contributed by atoms with E-state index in [0.717, 1.165) is 24.2 Å². The third-order valence-corrected chi connectivity index (χ3v) is 7.73. The van der Waals surface area contributed by atoms with Gasteiger partial charge in [-0.1, -0.05) is 119 Å². The molecule has 5 heteroatoms. The van der Waals surface area contributed by atoms with E-state index in [1.165, 1.54) is 76.3 Å². The van der Waals surface area contributed by atoms with Crippen molar-refractivity contribution in [3.05, 3.63) is 76.2 Å². The van der Waals surface area contributed by atoms with E-state index in [0.29, 0.717) is 17.9 Å². The van der Waals surface area contributed by atoms with Crippen molar-refractivity contribution >= 4 is 22.9 Å². The van der Waals surface area contributed by atoms with Gasteiger partial charge in [-0.15, -0.1) is 0 Å². The normalized spacial score (nSPS) is 11.0. The zero-order valence-corrected chi connectivity index (χ0v) is 23.7. The van der Waals surface area contributed by atoms with Crippen LogP contribution in [0.25, 0.3) is 0 Å². The maximum atomic E-state index is 13.2. The summed E-state index contributed by atoms with van der Waals surface area (Å²) in [5.41, 5.74) is 5.81. The lowest BCUT2D eigenvalue weighted by molar-refractivity contribution is -0.689. The van der Waals surface area contributed by atoms with Crippen LogP contribution in [-0.2, 0) is 6.54 Å². The first-order chi connectivity index (χ1) is 18.2. The number of ether oxygens (including phenoxy) is 1. The highest BCUT2D eigenvalue weighted by Crippen LogP contribution is 2.22. The predicted molar refractivity (Wildman–Crippen MR) is 156 cm³/mol. The van der Waals surface area contributed by atoms with Gasteiger partial charge in [0, 0.05) is 12.5 Å². The number of benzene rings is 2. The molecule has 0 saturated heterocycles. The zero-order valence-electron chi connectivity index (χ0n) is 22.8. The van der Waals surface area contributed by atoms with E-state index >= 15 is 0 Å². The second kappa shape index (κ2) is 17.0. The molecule has 0 fully saturated rings. The largest absolute Gasteiger partial charge is 0.493 e. The molecular weight excluding hydrogens is 476 g/mol. The van der Waals surface area contributed by atoms with Gasteiger partial charge in [0.1, 0.15) is 5.75 Å². The minimum absolute atomic E-state index is 0.134. The number of carbonyl (C=O) groups excluding carboxylic acids is 1. The number of unbranched alkanes of at least 4 members (excludes halogenated alkanes) is 11. The number of nitrogens with zero attached hydrogens (tertiary/aromatic N) is 1. The number of hydrogen-bond acceptors (Lipinski definition) is 3. The molecule has 0 aliphatic carbocycles. The number of aromatic nitrogens is 1. The monoisotopic (exact) mass is 521 g/mol. The number of thiazole rings is 1. The fourth-order valence-corrected chi connectivity index (χ4v) is 5.35. The Bertz CT molecular complexity index is 1060. The Kier molecular flexibility index (Phi) is 13.3. The highest BCUT2D eigenvalue weighted by Gasteiger charge is 2.16. The van der Waals surface area contributed by atoms with Gasteiger partial charge in [0.05, 0.1) is 23.2 Å². The van der Waals surface area contributed by atoms with Crippen molar-refractivity contribution in [3.8, 4) is 5.75 Å². The molecule has 1 N–H and O–H groups in total. The zero-order chi connectivity index (χ0) is 26.1.